The van der Waals surface area contributed by atoms with Gasteiger partial charge in [-0.05, 0) is 6.42 Å². The summed E-state index contributed by atoms with van der Waals surface area (Å²) in [7, 11) is 0. The van der Waals surface area contributed by atoms with Gasteiger partial charge in [-0.2, -0.15) is 0 Å². The average Bonchev–Trinajstić information content (AvgIpc) is 3.72. The Morgan fingerprint density at radius 2 is 1.95 bits per heavy atom. The standard InChI is InChI=1S/C21H25FN8O9P2S2/c22-12-3-29(19-16(12)21(31)27-8-25-19)10-1-11(35-4-10)5-37-41(34,43)39-13-2-15(38-14(13)6-36-40(32,33)42)30-9-28-17-18(23)24-7-26-20(17)30/h3,7-11,13-15H,1-2,4-6H2,(H,34,43)(H2,23,24,26)(H,25,27,31)(H2,32,33,42)/t10?,11-,13-,14+,15?,41?/m0/s1. The highest BCUT2D eigenvalue weighted by Gasteiger charge is 2.43. The van der Waals surface area contributed by atoms with Crippen molar-refractivity contribution in [3.63, 3.8) is 0 Å². The summed E-state index contributed by atoms with van der Waals surface area (Å²) < 4.78 is 70.4. The molecule has 2 aliphatic heterocycles. The lowest BCUT2D eigenvalue weighted by molar-refractivity contribution is -0.0366. The molecule has 0 spiro atoms. The number of anilines is 1. The molecule has 2 fully saturated rings. The highest BCUT2D eigenvalue weighted by Crippen LogP contribution is 2.57. The Morgan fingerprint density at radius 1 is 1.14 bits per heavy atom. The maximum atomic E-state index is 14.4. The molecule has 6 rings (SSSR count). The summed E-state index contributed by atoms with van der Waals surface area (Å²) in [6.45, 7) is -8.68. The van der Waals surface area contributed by atoms with Crippen LogP contribution < -0.4 is 11.3 Å². The van der Waals surface area contributed by atoms with Crippen LogP contribution in [0.5, 0.6) is 0 Å². The number of nitrogen functional groups attached to an aromatic ring is 1. The van der Waals surface area contributed by atoms with Crippen molar-refractivity contribution in [1.82, 2.24) is 34.1 Å². The molecule has 6 heterocycles. The predicted octanol–water partition coefficient (Wildman–Crippen LogP) is 2.39. The van der Waals surface area contributed by atoms with E-state index in [1.165, 1.54) is 29.7 Å². The molecule has 232 valence electrons. The highest BCUT2D eigenvalue weighted by atomic mass is 32.7. The Hall–Kier alpha value is -2.38. The number of aromatic amines is 1. The number of H-pyrrole nitrogens is 1. The number of nitrogens with zero attached hydrogens (tertiary/aromatic N) is 6. The second-order valence-electron chi connectivity index (χ2n) is 9.80. The summed E-state index contributed by atoms with van der Waals surface area (Å²) in [5, 5.41) is -0.152. The van der Waals surface area contributed by atoms with E-state index in [0.717, 1.165) is 0 Å². The first-order valence-electron chi connectivity index (χ1n) is 12.7. The van der Waals surface area contributed by atoms with E-state index in [9.17, 15) is 23.2 Å². The largest absolute Gasteiger partial charge is 0.386 e. The molecule has 0 bridgehead atoms. The first kappa shape index (κ1) is 30.6. The SMILES string of the molecule is Nc1ncnc2c1ncn2C1C[C@H](OP(=O)(S)OC[C@@H]2CC(n3cc(F)c4c(=O)[nH]cnc43)CO2)[C@@H](COP(=O)(O)S)O1. The first-order chi connectivity index (χ1) is 20.4. The monoisotopic (exact) mass is 678 g/mol. The topological polar surface area (TPSA) is 221 Å². The van der Waals surface area contributed by atoms with Crippen molar-refractivity contribution in [3.8, 4) is 0 Å². The van der Waals surface area contributed by atoms with Crippen LogP contribution in [0.25, 0.3) is 22.2 Å². The van der Waals surface area contributed by atoms with Gasteiger partial charge in [0.15, 0.2) is 22.9 Å². The van der Waals surface area contributed by atoms with Gasteiger partial charge in [-0.3, -0.25) is 22.9 Å². The number of fused-ring (bicyclic) bond motifs is 2. The molecule has 43 heavy (non-hydrogen) atoms. The molecule has 0 aromatic carbocycles. The van der Waals surface area contributed by atoms with Crippen LogP contribution in [-0.4, -0.2) is 77.1 Å². The summed E-state index contributed by atoms with van der Waals surface area (Å²) in [5.74, 6) is -0.543. The van der Waals surface area contributed by atoms with E-state index in [1.54, 1.807) is 4.57 Å². The van der Waals surface area contributed by atoms with Crippen LogP contribution in [0.2, 0.25) is 0 Å². The van der Waals surface area contributed by atoms with Gasteiger partial charge < -0.3 is 29.7 Å². The van der Waals surface area contributed by atoms with Gasteiger partial charge in [-0.25, -0.2) is 33.5 Å². The third kappa shape index (κ3) is 6.54. The second-order valence-corrected chi connectivity index (χ2v) is 15.4. The van der Waals surface area contributed by atoms with E-state index in [4.69, 9.17) is 28.8 Å². The van der Waals surface area contributed by atoms with Crippen LogP contribution in [0, 0.1) is 5.82 Å². The van der Waals surface area contributed by atoms with Gasteiger partial charge in [0.05, 0.1) is 44.6 Å². The van der Waals surface area contributed by atoms with Crippen molar-refractivity contribution in [2.45, 2.75) is 43.4 Å². The Kier molecular flexibility index (Phi) is 8.44. The van der Waals surface area contributed by atoms with Crippen LogP contribution in [0.1, 0.15) is 25.1 Å². The summed E-state index contributed by atoms with van der Waals surface area (Å²) in [6, 6.07) is -0.362. The normalized spacial score (nSPS) is 27.1. The molecular formula is C21H25FN8O9P2S2. The van der Waals surface area contributed by atoms with Crippen LogP contribution in [0.4, 0.5) is 10.2 Å². The lowest BCUT2D eigenvalue weighted by Gasteiger charge is -2.23. The lowest BCUT2D eigenvalue weighted by Crippen LogP contribution is -2.28. The van der Waals surface area contributed by atoms with Gasteiger partial charge in [-0.1, -0.05) is 24.5 Å². The predicted molar refractivity (Wildman–Crippen MR) is 154 cm³/mol. The van der Waals surface area contributed by atoms with Gasteiger partial charge >= 0.3 is 13.6 Å². The fourth-order valence-corrected chi connectivity index (χ4v) is 7.17. The second kappa shape index (κ2) is 11.8. The zero-order chi connectivity index (χ0) is 30.5. The number of hydrogen-bond acceptors (Lipinski definition) is 13. The molecule has 2 aliphatic rings. The van der Waals surface area contributed by atoms with Crippen molar-refractivity contribution < 1.29 is 41.5 Å². The number of imidazole rings is 1. The van der Waals surface area contributed by atoms with Crippen molar-refractivity contribution in [2.24, 2.45) is 0 Å². The van der Waals surface area contributed by atoms with Crippen molar-refractivity contribution >= 4 is 66.1 Å². The minimum absolute atomic E-state index is 0.0833. The zero-order valence-electron chi connectivity index (χ0n) is 21.9. The molecular weight excluding hydrogens is 653 g/mol. The summed E-state index contributed by atoms with van der Waals surface area (Å²) >= 11 is 7.64. The van der Waals surface area contributed by atoms with Gasteiger partial charge in [0.25, 0.3) is 5.56 Å². The van der Waals surface area contributed by atoms with Crippen molar-refractivity contribution in [2.75, 3.05) is 25.6 Å². The summed E-state index contributed by atoms with van der Waals surface area (Å²) in [6.07, 6.45) is 2.22. The third-order valence-corrected chi connectivity index (χ3v) is 9.47. The number of thiol groups is 2. The molecule has 0 radical (unpaired) electrons. The number of hydrogen-bond donors (Lipinski definition) is 5. The number of aromatic nitrogens is 7. The highest BCUT2D eigenvalue weighted by molar-refractivity contribution is 8.44. The molecule has 17 nitrogen and oxygen atoms in total. The number of nitrogens with two attached hydrogens (primary N) is 1. The van der Waals surface area contributed by atoms with E-state index >= 15 is 0 Å². The number of nitrogens with one attached hydrogen (secondary N) is 1. The minimum Gasteiger partial charge on any atom is -0.382 e. The quantitative estimate of drug-likeness (QED) is 0.120. The Balaban J connectivity index is 1.12. The van der Waals surface area contributed by atoms with E-state index in [0.29, 0.717) is 17.6 Å². The molecule has 2 saturated heterocycles. The molecule has 4 aromatic rings. The van der Waals surface area contributed by atoms with Gasteiger partial charge in [0, 0.05) is 12.6 Å². The van der Waals surface area contributed by atoms with Crippen LogP contribution in [0.15, 0.2) is 30.0 Å². The molecule has 7 atom stereocenters. The summed E-state index contributed by atoms with van der Waals surface area (Å²) in [4.78, 5) is 40.2. The smallest absolute Gasteiger partial charge is 0.382 e. The van der Waals surface area contributed by atoms with E-state index in [-0.39, 0.29) is 42.5 Å². The van der Waals surface area contributed by atoms with Crippen LogP contribution in [-0.2, 0) is 32.2 Å². The molecule has 4 unspecified atom stereocenters. The van der Waals surface area contributed by atoms with Crippen molar-refractivity contribution in [3.05, 3.63) is 41.3 Å². The molecule has 0 saturated carbocycles. The lowest BCUT2D eigenvalue weighted by atomic mass is 10.2. The average molecular weight is 679 g/mol. The molecule has 0 aliphatic carbocycles. The van der Waals surface area contributed by atoms with E-state index in [1.807, 2.05) is 0 Å². The van der Waals surface area contributed by atoms with Gasteiger partial charge in [0.2, 0.25) is 0 Å². The number of rotatable bonds is 10. The maximum Gasteiger partial charge on any atom is 0.386 e. The van der Waals surface area contributed by atoms with Crippen molar-refractivity contribution in [1.29, 1.82) is 0 Å². The number of halogens is 1. The first-order valence-corrected chi connectivity index (χ1v) is 18.1. The Morgan fingerprint density at radius 3 is 2.74 bits per heavy atom. The minimum atomic E-state index is -4.18. The van der Waals surface area contributed by atoms with Gasteiger partial charge in [0.1, 0.15) is 35.7 Å². The van der Waals surface area contributed by atoms with Crippen LogP contribution >= 0.6 is 38.1 Å². The summed E-state index contributed by atoms with van der Waals surface area (Å²) in [5.41, 5.74) is 6.17. The molecule has 0 amide bonds. The maximum absolute atomic E-state index is 14.4. The van der Waals surface area contributed by atoms with E-state index in [2.05, 4.69) is 49.4 Å². The molecule has 4 N–H and O–H groups in total. The molecule has 4 aromatic heterocycles. The molecule has 22 heteroatoms. The number of ether oxygens (including phenoxy) is 2. The Labute approximate surface area is 251 Å². The van der Waals surface area contributed by atoms with Gasteiger partial charge in [-0.15, -0.1) is 0 Å². The third-order valence-electron chi connectivity index (χ3n) is 7.00. The fraction of sp³-hybridized carbons (Fsp3) is 0.476. The Bertz CT molecular complexity index is 1820. The fourth-order valence-electron chi connectivity index (χ4n) is 5.09. The van der Waals surface area contributed by atoms with E-state index < -0.39 is 56.1 Å². The van der Waals surface area contributed by atoms with Crippen LogP contribution in [0.3, 0.4) is 0 Å². The zero-order valence-corrected chi connectivity index (χ0v) is 25.5.